The number of phenolic OH excluding ortho intramolecular Hbond substituents is 1. The van der Waals surface area contributed by atoms with Gasteiger partial charge in [0, 0.05) is 13.0 Å². The number of rotatable bonds is 19. The fourth-order valence-electron chi connectivity index (χ4n) is 8.91. The SMILES string of the molecule is CSCC[C@H](NC(=O)[C@H](Cc1ccccc1)NC(=O)CNC(=O)CNC(=O)[C@@H](N)Cc1ccc(O)cc1)C(=O)NCC12CC3CC(C1)CC(C(=O)O)(C3)C2. The Labute approximate surface area is 319 Å². The van der Waals surface area contributed by atoms with Gasteiger partial charge < -0.3 is 42.5 Å². The minimum absolute atomic E-state index is 0.0874. The number of carboxylic acids is 1. The van der Waals surface area contributed by atoms with E-state index in [1.807, 2.05) is 36.6 Å². The zero-order valence-corrected chi connectivity index (χ0v) is 31.4. The molecule has 54 heavy (non-hydrogen) atoms. The minimum Gasteiger partial charge on any atom is -0.508 e. The monoisotopic (exact) mass is 764 g/mol. The van der Waals surface area contributed by atoms with Crippen molar-refractivity contribution in [3.05, 3.63) is 65.7 Å². The smallest absolute Gasteiger partial charge is 0.309 e. The number of phenols is 1. The number of amides is 5. The van der Waals surface area contributed by atoms with Crippen molar-refractivity contribution in [3.8, 4) is 5.75 Å². The lowest BCUT2D eigenvalue weighted by Crippen LogP contribution is -2.59. The molecule has 2 unspecified atom stereocenters. The van der Waals surface area contributed by atoms with Gasteiger partial charge in [-0.25, -0.2) is 0 Å². The Morgan fingerprint density at radius 1 is 0.778 bits per heavy atom. The molecule has 4 saturated carbocycles. The third-order valence-corrected chi connectivity index (χ3v) is 11.7. The molecule has 6 rings (SSSR count). The molecule has 5 atom stereocenters. The van der Waals surface area contributed by atoms with Crippen molar-refractivity contribution >= 4 is 47.3 Å². The van der Waals surface area contributed by atoms with Crippen molar-refractivity contribution in [2.45, 2.75) is 75.9 Å². The average Bonchev–Trinajstić information content (AvgIpc) is 3.14. The largest absolute Gasteiger partial charge is 0.508 e. The first-order valence-electron chi connectivity index (χ1n) is 18.5. The van der Waals surface area contributed by atoms with Crippen LogP contribution in [0.4, 0.5) is 0 Å². The summed E-state index contributed by atoms with van der Waals surface area (Å²) in [6.07, 6.45) is 7.35. The third-order valence-electron chi connectivity index (χ3n) is 11.0. The van der Waals surface area contributed by atoms with Gasteiger partial charge in [-0.1, -0.05) is 42.5 Å². The molecular formula is C39H52N6O8S. The van der Waals surface area contributed by atoms with Crippen LogP contribution >= 0.6 is 11.8 Å². The average molecular weight is 765 g/mol. The zero-order valence-electron chi connectivity index (χ0n) is 30.6. The van der Waals surface area contributed by atoms with Crippen LogP contribution in [0.25, 0.3) is 0 Å². The summed E-state index contributed by atoms with van der Waals surface area (Å²) < 4.78 is 0. The van der Waals surface area contributed by atoms with E-state index >= 15 is 0 Å². The molecule has 4 bridgehead atoms. The van der Waals surface area contributed by atoms with E-state index < -0.39 is 66.2 Å². The summed E-state index contributed by atoms with van der Waals surface area (Å²) in [4.78, 5) is 77.8. The first-order chi connectivity index (χ1) is 25.8. The lowest BCUT2D eigenvalue weighted by molar-refractivity contribution is -0.174. The van der Waals surface area contributed by atoms with Crippen LogP contribution in [0.3, 0.4) is 0 Å². The molecule has 0 heterocycles. The van der Waals surface area contributed by atoms with Crippen molar-refractivity contribution < 1.29 is 39.0 Å². The van der Waals surface area contributed by atoms with Gasteiger partial charge in [-0.2, -0.15) is 11.8 Å². The Kier molecular flexibility index (Phi) is 13.6. The quantitative estimate of drug-likeness (QED) is 0.102. The van der Waals surface area contributed by atoms with Crippen LogP contribution in [0.15, 0.2) is 54.6 Å². The van der Waals surface area contributed by atoms with Crippen LogP contribution < -0.4 is 32.3 Å². The summed E-state index contributed by atoms with van der Waals surface area (Å²) in [6.45, 7) is -0.533. The number of nitrogens with one attached hydrogen (secondary N) is 5. The Bertz CT molecular complexity index is 1660. The molecule has 2 aromatic rings. The van der Waals surface area contributed by atoms with Crippen LogP contribution in [-0.2, 0) is 41.6 Å². The summed E-state index contributed by atoms with van der Waals surface area (Å²) in [7, 11) is 0. The molecular weight excluding hydrogens is 713 g/mol. The first-order valence-corrected chi connectivity index (χ1v) is 19.9. The highest BCUT2D eigenvalue weighted by Crippen LogP contribution is 2.65. The van der Waals surface area contributed by atoms with Gasteiger partial charge in [-0.15, -0.1) is 0 Å². The highest BCUT2D eigenvalue weighted by Gasteiger charge is 2.60. The molecule has 0 saturated heterocycles. The van der Waals surface area contributed by atoms with E-state index in [4.69, 9.17) is 5.73 Å². The Balaban J connectivity index is 1.15. The van der Waals surface area contributed by atoms with Gasteiger partial charge in [0.2, 0.25) is 29.5 Å². The standard InChI is InChI=1S/C39H52N6O8S/c1-54-12-11-30(35(50)43-23-38-16-26-13-27(17-38)19-39(18-26,22-38)37(52)53)45-36(51)31(15-24-5-3-2-4-6-24)44-33(48)21-41-32(47)20-42-34(49)29(40)14-25-7-9-28(46)10-8-25/h2-10,26-27,29-31,46H,11-23,40H2,1H3,(H,41,47)(H,42,49)(H,43,50)(H,44,48)(H,45,51)(H,52,53)/t26?,27?,29-,30-,31-,38?,39?/m0/s1. The van der Waals surface area contributed by atoms with Gasteiger partial charge in [-0.3, -0.25) is 28.8 Å². The maximum atomic E-state index is 13.8. The minimum atomic E-state index is -1.07. The summed E-state index contributed by atoms with van der Waals surface area (Å²) in [5.41, 5.74) is 6.47. The van der Waals surface area contributed by atoms with Crippen molar-refractivity contribution in [1.82, 2.24) is 26.6 Å². The molecule has 4 aliphatic carbocycles. The molecule has 0 aromatic heterocycles. The van der Waals surface area contributed by atoms with E-state index in [9.17, 15) is 39.0 Å². The summed E-state index contributed by atoms with van der Waals surface area (Å²) in [6, 6.07) is 12.4. The predicted octanol–water partition coefficient (Wildman–Crippen LogP) is 1.25. The van der Waals surface area contributed by atoms with E-state index in [1.54, 1.807) is 12.1 Å². The predicted molar refractivity (Wildman–Crippen MR) is 203 cm³/mol. The highest BCUT2D eigenvalue weighted by atomic mass is 32.2. The molecule has 15 heteroatoms. The molecule has 292 valence electrons. The Morgan fingerprint density at radius 2 is 1.43 bits per heavy atom. The van der Waals surface area contributed by atoms with Gasteiger partial charge in [0.05, 0.1) is 24.5 Å². The second kappa shape index (κ2) is 18.1. The number of nitrogens with two attached hydrogens (primary N) is 1. The van der Waals surface area contributed by atoms with Crippen LogP contribution in [0, 0.1) is 22.7 Å². The molecule has 0 aliphatic heterocycles. The number of carbonyl (C=O) groups excluding carboxylic acids is 5. The topological polar surface area (TPSA) is 229 Å². The number of aromatic hydroxyl groups is 1. The maximum Gasteiger partial charge on any atom is 0.309 e. The van der Waals surface area contributed by atoms with Crippen LogP contribution in [0.2, 0.25) is 0 Å². The second-order valence-corrected chi connectivity index (χ2v) is 16.4. The maximum absolute atomic E-state index is 13.8. The number of thioether (sulfide) groups is 1. The van der Waals surface area contributed by atoms with Crippen molar-refractivity contribution in [1.29, 1.82) is 0 Å². The number of benzene rings is 2. The molecule has 2 aromatic carbocycles. The molecule has 4 aliphatic rings. The van der Waals surface area contributed by atoms with Crippen molar-refractivity contribution in [3.63, 3.8) is 0 Å². The summed E-state index contributed by atoms with van der Waals surface area (Å²) >= 11 is 1.53. The molecule has 14 nitrogen and oxygen atoms in total. The van der Waals surface area contributed by atoms with Gasteiger partial charge in [-0.05, 0) is 104 Å². The number of hydrogen-bond donors (Lipinski definition) is 8. The van der Waals surface area contributed by atoms with E-state index in [1.165, 1.54) is 23.9 Å². The number of carboxylic acid groups (broad SMARTS) is 1. The lowest BCUT2D eigenvalue weighted by atomic mass is 9.44. The number of aliphatic carboxylic acids is 1. The summed E-state index contributed by atoms with van der Waals surface area (Å²) in [5.74, 6) is -2.12. The summed E-state index contributed by atoms with van der Waals surface area (Å²) in [5, 5.41) is 33.1. The van der Waals surface area contributed by atoms with Gasteiger partial charge >= 0.3 is 5.97 Å². The third kappa shape index (κ3) is 10.7. The number of hydrogen-bond acceptors (Lipinski definition) is 9. The molecule has 0 radical (unpaired) electrons. The molecule has 9 N–H and O–H groups in total. The van der Waals surface area contributed by atoms with Crippen LogP contribution in [0.5, 0.6) is 5.75 Å². The van der Waals surface area contributed by atoms with Crippen molar-refractivity contribution in [2.24, 2.45) is 28.4 Å². The van der Waals surface area contributed by atoms with E-state index in [-0.39, 0.29) is 29.9 Å². The highest BCUT2D eigenvalue weighted by molar-refractivity contribution is 7.98. The lowest BCUT2D eigenvalue weighted by Gasteiger charge is -2.60. The van der Waals surface area contributed by atoms with Gasteiger partial charge in [0.15, 0.2) is 0 Å². The van der Waals surface area contributed by atoms with Crippen molar-refractivity contribution in [2.75, 3.05) is 31.6 Å². The van der Waals surface area contributed by atoms with Gasteiger partial charge in [0.25, 0.3) is 0 Å². The molecule has 5 amide bonds. The first kappa shape index (κ1) is 40.6. The Morgan fingerprint density at radius 3 is 2.07 bits per heavy atom. The fourth-order valence-corrected chi connectivity index (χ4v) is 9.38. The second-order valence-electron chi connectivity index (χ2n) is 15.4. The normalized spacial score (nSPS) is 24.0. The van der Waals surface area contributed by atoms with Gasteiger partial charge in [0.1, 0.15) is 17.8 Å². The zero-order chi connectivity index (χ0) is 38.9. The molecule has 4 fully saturated rings. The van der Waals surface area contributed by atoms with E-state index in [2.05, 4.69) is 26.6 Å². The van der Waals surface area contributed by atoms with E-state index in [0.29, 0.717) is 49.8 Å². The molecule has 0 spiro atoms. The number of carbonyl (C=O) groups is 6. The fraction of sp³-hybridized carbons (Fsp3) is 0.538. The van der Waals surface area contributed by atoms with Crippen LogP contribution in [0.1, 0.15) is 56.1 Å². The van der Waals surface area contributed by atoms with E-state index in [0.717, 1.165) is 30.4 Å². The Hall–Kier alpha value is -4.63. The van der Waals surface area contributed by atoms with Crippen LogP contribution in [-0.4, -0.2) is 95.5 Å².